The standard InChI is InChI=1S/C9H9F2NO2/c1-5-6(8(10)11)3-12-4-7(5)9(13)14-2/h3-4,8H,1-2H3. The Morgan fingerprint density at radius 1 is 1.50 bits per heavy atom. The number of aromatic nitrogens is 1. The van der Waals surface area contributed by atoms with Gasteiger partial charge in [0.15, 0.2) is 0 Å². The van der Waals surface area contributed by atoms with E-state index in [1.165, 1.54) is 20.2 Å². The van der Waals surface area contributed by atoms with Gasteiger partial charge in [0.25, 0.3) is 6.43 Å². The SMILES string of the molecule is COC(=O)c1cncc(C(F)F)c1C. The minimum Gasteiger partial charge on any atom is -0.465 e. The Kier molecular flexibility index (Phi) is 3.11. The first-order valence-electron chi connectivity index (χ1n) is 3.89. The predicted molar refractivity (Wildman–Crippen MR) is 45.3 cm³/mol. The maximum absolute atomic E-state index is 12.4. The molecule has 0 aliphatic rings. The molecule has 0 amide bonds. The van der Waals surface area contributed by atoms with Gasteiger partial charge < -0.3 is 4.74 Å². The van der Waals surface area contributed by atoms with Crippen LogP contribution in [0.5, 0.6) is 0 Å². The molecule has 3 nitrogen and oxygen atoms in total. The van der Waals surface area contributed by atoms with Crippen LogP contribution in [0.15, 0.2) is 12.4 Å². The van der Waals surface area contributed by atoms with Crippen molar-refractivity contribution in [2.24, 2.45) is 0 Å². The molecular weight excluding hydrogens is 192 g/mol. The lowest BCUT2D eigenvalue weighted by Crippen LogP contribution is -2.07. The molecule has 0 aliphatic carbocycles. The van der Waals surface area contributed by atoms with Crippen LogP contribution in [0.3, 0.4) is 0 Å². The summed E-state index contributed by atoms with van der Waals surface area (Å²) in [5, 5.41) is 0. The molecule has 0 bridgehead atoms. The van der Waals surface area contributed by atoms with Gasteiger partial charge in [0.05, 0.1) is 12.7 Å². The lowest BCUT2D eigenvalue weighted by atomic mass is 10.1. The third-order valence-electron chi connectivity index (χ3n) is 1.89. The number of hydrogen-bond acceptors (Lipinski definition) is 3. The van der Waals surface area contributed by atoms with E-state index in [-0.39, 0.29) is 16.7 Å². The number of hydrogen-bond donors (Lipinski definition) is 0. The van der Waals surface area contributed by atoms with E-state index in [1.54, 1.807) is 0 Å². The van der Waals surface area contributed by atoms with Gasteiger partial charge in [-0.05, 0) is 12.5 Å². The molecule has 1 aromatic heterocycles. The van der Waals surface area contributed by atoms with Crippen LogP contribution in [0.25, 0.3) is 0 Å². The zero-order chi connectivity index (χ0) is 10.7. The first-order chi connectivity index (χ1) is 6.57. The highest BCUT2D eigenvalue weighted by Gasteiger charge is 2.17. The molecule has 0 unspecified atom stereocenters. The Balaban J connectivity index is 3.20. The number of halogens is 2. The Morgan fingerprint density at radius 3 is 2.64 bits per heavy atom. The molecule has 0 spiro atoms. The van der Waals surface area contributed by atoms with Gasteiger partial charge in [-0.2, -0.15) is 0 Å². The first kappa shape index (κ1) is 10.6. The van der Waals surface area contributed by atoms with E-state index in [9.17, 15) is 13.6 Å². The number of methoxy groups -OCH3 is 1. The summed E-state index contributed by atoms with van der Waals surface area (Å²) < 4.78 is 29.2. The fourth-order valence-corrected chi connectivity index (χ4v) is 1.08. The van der Waals surface area contributed by atoms with Gasteiger partial charge in [-0.3, -0.25) is 4.98 Å². The highest BCUT2D eigenvalue weighted by molar-refractivity contribution is 5.90. The van der Waals surface area contributed by atoms with Crippen molar-refractivity contribution < 1.29 is 18.3 Å². The van der Waals surface area contributed by atoms with E-state index in [2.05, 4.69) is 9.72 Å². The molecule has 0 aromatic carbocycles. The molecule has 0 fully saturated rings. The minimum atomic E-state index is -2.63. The normalized spacial score (nSPS) is 10.4. The molecule has 0 radical (unpaired) electrons. The van der Waals surface area contributed by atoms with Crippen molar-refractivity contribution in [1.29, 1.82) is 0 Å². The first-order valence-corrected chi connectivity index (χ1v) is 3.89. The van der Waals surface area contributed by atoms with Gasteiger partial charge in [-0.25, -0.2) is 13.6 Å². The molecule has 0 atom stereocenters. The molecule has 1 rings (SSSR count). The number of pyridine rings is 1. The average Bonchev–Trinajstić information content (AvgIpc) is 2.16. The highest BCUT2D eigenvalue weighted by Crippen LogP contribution is 2.23. The zero-order valence-corrected chi connectivity index (χ0v) is 7.75. The van der Waals surface area contributed by atoms with Crippen molar-refractivity contribution in [1.82, 2.24) is 4.98 Å². The van der Waals surface area contributed by atoms with Gasteiger partial charge in [0, 0.05) is 18.0 Å². The predicted octanol–water partition coefficient (Wildman–Crippen LogP) is 2.11. The smallest absolute Gasteiger partial charge is 0.339 e. The zero-order valence-electron chi connectivity index (χ0n) is 7.75. The van der Waals surface area contributed by atoms with Gasteiger partial charge in [0.2, 0.25) is 0 Å². The van der Waals surface area contributed by atoms with Crippen LogP contribution in [0.4, 0.5) is 8.78 Å². The number of carbonyl (C=O) groups excluding carboxylic acids is 1. The van der Waals surface area contributed by atoms with Crippen molar-refractivity contribution in [2.45, 2.75) is 13.3 Å². The van der Waals surface area contributed by atoms with Crippen LogP contribution in [-0.2, 0) is 4.74 Å². The van der Waals surface area contributed by atoms with E-state index in [0.29, 0.717) is 0 Å². The fourth-order valence-electron chi connectivity index (χ4n) is 1.08. The molecule has 14 heavy (non-hydrogen) atoms. The molecule has 0 saturated heterocycles. The molecule has 1 aromatic rings. The summed E-state index contributed by atoms with van der Waals surface area (Å²) in [5.74, 6) is -0.655. The quantitative estimate of drug-likeness (QED) is 0.688. The average molecular weight is 201 g/mol. The second kappa shape index (κ2) is 4.13. The van der Waals surface area contributed by atoms with E-state index < -0.39 is 12.4 Å². The van der Waals surface area contributed by atoms with E-state index in [4.69, 9.17) is 0 Å². The van der Waals surface area contributed by atoms with Crippen molar-refractivity contribution >= 4 is 5.97 Å². The largest absolute Gasteiger partial charge is 0.465 e. The number of nitrogens with zero attached hydrogens (tertiary/aromatic N) is 1. The lowest BCUT2D eigenvalue weighted by Gasteiger charge is -2.07. The number of carbonyl (C=O) groups is 1. The maximum atomic E-state index is 12.4. The summed E-state index contributed by atoms with van der Waals surface area (Å²) in [6.45, 7) is 1.44. The maximum Gasteiger partial charge on any atom is 0.339 e. The molecule has 0 aliphatic heterocycles. The van der Waals surface area contributed by atoms with Crippen molar-refractivity contribution in [3.8, 4) is 0 Å². The van der Waals surface area contributed by atoms with Crippen LogP contribution >= 0.6 is 0 Å². The molecule has 0 saturated carbocycles. The summed E-state index contributed by atoms with van der Waals surface area (Å²) in [5.41, 5.74) is 0.0417. The van der Waals surface area contributed by atoms with E-state index in [1.807, 2.05) is 0 Å². The van der Waals surface area contributed by atoms with Gasteiger partial charge >= 0.3 is 5.97 Å². The van der Waals surface area contributed by atoms with Crippen LogP contribution in [0, 0.1) is 6.92 Å². The van der Waals surface area contributed by atoms with Crippen molar-refractivity contribution in [3.63, 3.8) is 0 Å². The number of rotatable bonds is 2. The minimum absolute atomic E-state index is 0.0744. The van der Waals surface area contributed by atoms with Gasteiger partial charge in [0.1, 0.15) is 0 Å². The summed E-state index contributed by atoms with van der Waals surface area (Å²) in [4.78, 5) is 14.7. The summed E-state index contributed by atoms with van der Waals surface area (Å²) in [6.07, 6.45) is -0.369. The molecule has 76 valence electrons. The second-order valence-corrected chi connectivity index (χ2v) is 2.69. The Labute approximate surface area is 79.7 Å². The topological polar surface area (TPSA) is 39.2 Å². The lowest BCUT2D eigenvalue weighted by molar-refractivity contribution is 0.0598. The second-order valence-electron chi connectivity index (χ2n) is 2.69. The van der Waals surface area contributed by atoms with Gasteiger partial charge in [-0.1, -0.05) is 0 Å². The summed E-state index contributed by atoms with van der Waals surface area (Å²) in [7, 11) is 1.19. The summed E-state index contributed by atoms with van der Waals surface area (Å²) in [6, 6.07) is 0. The third-order valence-corrected chi connectivity index (χ3v) is 1.89. The van der Waals surface area contributed by atoms with Crippen LogP contribution < -0.4 is 0 Å². The summed E-state index contributed by atoms with van der Waals surface area (Å²) >= 11 is 0. The number of alkyl halides is 2. The monoisotopic (exact) mass is 201 g/mol. The third kappa shape index (κ3) is 1.86. The van der Waals surface area contributed by atoms with E-state index in [0.717, 1.165) is 6.20 Å². The Bertz CT molecular complexity index is 353. The Hall–Kier alpha value is -1.52. The van der Waals surface area contributed by atoms with Crippen LogP contribution in [0.2, 0.25) is 0 Å². The molecule has 5 heteroatoms. The van der Waals surface area contributed by atoms with Crippen molar-refractivity contribution in [3.05, 3.63) is 29.1 Å². The van der Waals surface area contributed by atoms with Crippen molar-refractivity contribution in [2.75, 3.05) is 7.11 Å². The number of esters is 1. The number of ether oxygens (including phenoxy) is 1. The van der Waals surface area contributed by atoms with Gasteiger partial charge in [-0.15, -0.1) is 0 Å². The molecular formula is C9H9F2NO2. The fraction of sp³-hybridized carbons (Fsp3) is 0.333. The van der Waals surface area contributed by atoms with Crippen LogP contribution in [0.1, 0.15) is 27.9 Å². The van der Waals surface area contributed by atoms with Crippen LogP contribution in [-0.4, -0.2) is 18.1 Å². The highest BCUT2D eigenvalue weighted by atomic mass is 19.3. The molecule has 0 N–H and O–H groups in total. The van der Waals surface area contributed by atoms with E-state index >= 15 is 0 Å². The Morgan fingerprint density at radius 2 is 2.14 bits per heavy atom. The molecule has 1 heterocycles.